The lowest BCUT2D eigenvalue weighted by molar-refractivity contribution is -0.144. The van der Waals surface area contributed by atoms with Crippen molar-refractivity contribution < 1.29 is 19.4 Å². The molecule has 2 heterocycles. The van der Waals surface area contributed by atoms with Gasteiger partial charge in [-0.3, -0.25) is 9.59 Å². The fraction of sp³-hybridized carbons (Fsp3) is 0.316. The molecule has 1 aromatic carbocycles. The van der Waals surface area contributed by atoms with E-state index >= 15 is 0 Å². The third-order valence-corrected chi connectivity index (χ3v) is 4.52. The molecule has 0 unspecified atom stereocenters. The van der Waals surface area contributed by atoms with Gasteiger partial charge < -0.3 is 14.7 Å². The number of benzene rings is 1. The highest BCUT2D eigenvalue weighted by Gasteiger charge is 2.35. The molecular formula is C19H20N2O4. The minimum absolute atomic E-state index is 0.197. The van der Waals surface area contributed by atoms with Crippen molar-refractivity contribution in [3.63, 3.8) is 0 Å². The van der Waals surface area contributed by atoms with Gasteiger partial charge in [-0.25, -0.2) is 4.98 Å². The number of carbonyl (C=O) groups excluding carboxylic acids is 1. The first-order chi connectivity index (χ1) is 12.1. The van der Waals surface area contributed by atoms with Crippen LogP contribution in [0.4, 0.5) is 0 Å². The Kier molecular flexibility index (Phi) is 4.97. The largest absolute Gasteiger partial charge is 0.481 e. The molecule has 6 heteroatoms. The standard InChI is InChI=1S/C19H20N2O4/c1-13-16(19(23)24)8-5-11-21(13)18(22)14-9-10-17(20-12-14)25-15-6-3-2-4-7-15/h2-4,6-7,9-10,12-13,16H,5,8,11H2,1H3,(H,23,24)/t13-,16-/m1/s1. The van der Waals surface area contributed by atoms with E-state index in [1.807, 2.05) is 30.3 Å². The molecule has 0 bridgehead atoms. The van der Waals surface area contributed by atoms with Crippen LogP contribution in [0.1, 0.15) is 30.1 Å². The fourth-order valence-electron chi connectivity index (χ4n) is 3.10. The Bertz CT molecular complexity index is 746. The van der Waals surface area contributed by atoms with Crippen molar-refractivity contribution in [2.75, 3.05) is 6.54 Å². The van der Waals surface area contributed by atoms with Crippen LogP contribution >= 0.6 is 0 Å². The van der Waals surface area contributed by atoms with Gasteiger partial charge in [0, 0.05) is 24.8 Å². The van der Waals surface area contributed by atoms with E-state index in [0.29, 0.717) is 36.6 Å². The zero-order valence-electron chi connectivity index (χ0n) is 14.0. The molecule has 1 aliphatic heterocycles. The predicted molar refractivity (Wildman–Crippen MR) is 91.6 cm³/mol. The molecule has 0 saturated carbocycles. The summed E-state index contributed by atoms with van der Waals surface area (Å²) in [5.41, 5.74) is 0.429. The Morgan fingerprint density at radius 3 is 2.60 bits per heavy atom. The molecule has 1 amide bonds. The Hall–Kier alpha value is -2.89. The number of likely N-dealkylation sites (tertiary alicyclic amines) is 1. The Morgan fingerprint density at radius 2 is 1.96 bits per heavy atom. The first kappa shape index (κ1) is 17.0. The van der Waals surface area contributed by atoms with Crippen LogP contribution in [0.2, 0.25) is 0 Å². The van der Waals surface area contributed by atoms with Crippen LogP contribution in [0.3, 0.4) is 0 Å². The summed E-state index contributed by atoms with van der Waals surface area (Å²) in [6, 6.07) is 12.2. The first-order valence-corrected chi connectivity index (χ1v) is 8.29. The predicted octanol–water partition coefficient (Wildman–Crippen LogP) is 3.20. The normalized spacial score (nSPS) is 20.1. The molecule has 1 saturated heterocycles. The number of hydrogen-bond donors (Lipinski definition) is 1. The van der Waals surface area contributed by atoms with Gasteiger partial charge >= 0.3 is 5.97 Å². The van der Waals surface area contributed by atoms with E-state index in [0.717, 1.165) is 0 Å². The van der Waals surface area contributed by atoms with E-state index in [1.165, 1.54) is 6.20 Å². The van der Waals surface area contributed by atoms with Crippen LogP contribution in [-0.4, -0.2) is 39.5 Å². The van der Waals surface area contributed by atoms with Gasteiger partial charge in [0.1, 0.15) is 5.75 Å². The molecule has 25 heavy (non-hydrogen) atoms. The molecule has 0 radical (unpaired) electrons. The van der Waals surface area contributed by atoms with Gasteiger partial charge in [0.2, 0.25) is 5.88 Å². The maximum absolute atomic E-state index is 12.7. The summed E-state index contributed by atoms with van der Waals surface area (Å²) < 4.78 is 5.61. The van der Waals surface area contributed by atoms with Crippen LogP contribution in [-0.2, 0) is 4.79 Å². The van der Waals surface area contributed by atoms with Gasteiger partial charge in [-0.2, -0.15) is 0 Å². The Balaban J connectivity index is 1.71. The second-order valence-corrected chi connectivity index (χ2v) is 6.13. The molecule has 6 nitrogen and oxygen atoms in total. The fourth-order valence-corrected chi connectivity index (χ4v) is 3.10. The van der Waals surface area contributed by atoms with Crippen molar-refractivity contribution in [2.24, 2.45) is 5.92 Å². The highest BCUT2D eigenvalue weighted by Crippen LogP contribution is 2.26. The third kappa shape index (κ3) is 3.79. The van der Waals surface area contributed by atoms with E-state index in [-0.39, 0.29) is 11.9 Å². The molecule has 0 spiro atoms. The summed E-state index contributed by atoms with van der Waals surface area (Å²) in [7, 11) is 0. The number of carbonyl (C=O) groups is 2. The zero-order chi connectivity index (χ0) is 17.8. The Morgan fingerprint density at radius 1 is 1.20 bits per heavy atom. The monoisotopic (exact) mass is 340 g/mol. The van der Waals surface area contributed by atoms with Gasteiger partial charge in [-0.05, 0) is 38.0 Å². The summed E-state index contributed by atoms with van der Waals surface area (Å²) in [5, 5.41) is 9.29. The summed E-state index contributed by atoms with van der Waals surface area (Å²) in [5.74, 6) is -0.501. The van der Waals surface area contributed by atoms with E-state index in [2.05, 4.69) is 4.98 Å². The highest BCUT2D eigenvalue weighted by molar-refractivity contribution is 5.94. The SMILES string of the molecule is C[C@@H]1[C@H](C(=O)O)CCCN1C(=O)c1ccc(Oc2ccccc2)nc1. The number of carboxylic acid groups (broad SMARTS) is 1. The van der Waals surface area contributed by atoms with E-state index in [1.54, 1.807) is 24.0 Å². The lowest BCUT2D eigenvalue weighted by Crippen LogP contribution is -2.49. The first-order valence-electron chi connectivity index (χ1n) is 8.29. The molecular weight excluding hydrogens is 320 g/mol. The molecule has 1 aliphatic rings. The number of rotatable bonds is 4. The van der Waals surface area contributed by atoms with Crippen LogP contribution in [0.15, 0.2) is 48.7 Å². The second kappa shape index (κ2) is 7.34. The molecule has 0 aliphatic carbocycles. The zero-order valence-corrected chi connectivity index (χ0v) is 14.0. The average Bonchev–Trinajstić information content (AvgIpc) is 2.62. The number of aliphatic carboxylic acids is 1. The van der Waals surface area contributed by atoms with Gasteiger partial charge in [0.05, 0.1) is 11.5 Å². The van der Waals surface area contributed by atoms with Gasteiger partial charge in [0.15, 0.2) is 0 Å². The van der Waals surface area contributed by atoms with Crippen LogP contribution in [0.25, 0.3) is 0 Å². The quantitative estimate of drug-likeness (QED) is 0.924. The van der Waals surface area contributed by atoms with Crippen molar-refractivity contribution in [1.29, 1.82) is 0 Å². The van der Waals surface area contributed by atoms with Gasteiger partial charge in [-0.1, -0.05) is 18.2 Å². The molecule has 1 N–H and O–H groups in total. The van der Waals surface area contributed by atoms with Crippen molar-refractivity contribution in [2.45, 2.75) is 25.8 Å². The molecule has 1 fully saturated rings. The van der Waals surface area contributed by atoms with Crippen LogP contribution in [0, 0.1) is 5.92 Å². The van der Waals surface area contributed by atoms with Crippen molar-refractivity contribution in [3.05, 3.63) is 54.2 Å². The lowest BCUT2D eigenvalue weighted by atomic mass is 9.90. The van der Waals surface area contributed by atoms with Gasteiger partial charge in [-0.15, -0.1) is 0 Å². The number of carboxylic acids is 1. The number of pyridine rings is 1. The Labute approximate surface area is 146 Å². The molecule has 2 atom stereocenters. The average molecular weight is 340 g/mol. The van der Waals surface area contributed by atoms with Crippen molar-refractivity contribution in [1.82, 2.24) is 9.88 Å². The molecule has 2 aromatic rings. The van der Waals surface area contributed by atoms with E-state index in [9.17, 15) is 14.7 Å². The summed E-state index contributed by atoms with van der Waals surface area (Å²) in [6.45, 7) is 2.35. The lowest BCUT2D eigenvalue weighted by Gasteiger charge is -2.37. The summed E-state index contributed by atoms with van der Waals surface area (Å²) in [4.78, 5) is 29.8. The number of piperidine rings is 1. The summed E-state index contributed by atoms with van der Waals surface area (Å²) in [6.07, 6.45) is 2.76. The minimum Gasteiger partial charge on any atom is -0.481 e. The minimum atomic E-state index is -0.852. The van der Waals surface area contributed by atoms with E-state index in [4.69, 9.17) is 4.74 Å². The van der Waals surface area contributed by atoms with Crippen molar-refractivity contribution >= 4 is 11.9 Å². The maximum Gasteiger partial charge on any atom is 0.308 e. The number of nitrogens with zero attached hydrogens (tertiary/aromatic N) is 2. The maximum atomic E-state index is 12.7. The molecule has 1 aromatic heterocycles. The topological polar surface area (TPSA) is 79.7 Å². The molecule has 3 rings (SSSR count). The number of para-hydroxylation sites is 1. The number of hydrogen-bond acceptors (Lipinski definition) is 4. The number of ether oxygens (including phenoxy) is 1. The number of aromatic nitrogens is 1. The number of amides is 1. The second-order valence-electron chi connectivity index (χ2n) is 6.13. The summed E-state index contributed by atoms with van der Waals surface area (Å²) >= 11 is 0. The smallest absolute Gasteiger partial charge is 0.308 e. The third-order valence-electron chi connectivity index (χ3n) is 4.52. The van der Waals surface area contributed by atoms with Crippen LogP contribution < -0.4 is 4.74 Å². The van der Waals surface area contributed by atoms with Gasteiger partial charge in [0.25, 0.3) is 5.91 Å². The highest BCUT2D eigenvalue weighted by atomic mass is 16.5. The van der Waals surface area contributed by atoms with Crippen LogP contribution in [0.5, 0.6) is 11.6 Å². The molecule has 130 valence electrons. The van der Waals surface area contributed by atoms with Crippen molar-refractivity contribution in [3.8, 4) is 11.6 Å². The van der Waals surface area contributed by atoms with E-state index < -0.39 is 11.9 Å².